The summed E-state index contributed by atoms with van der Waals surface area (Å²) < 4.78 is 1.33. The first kappa shape index (κ1) is 13.8. The first-order chi connectivity index (χ1) is 11.1. The molecule has 23 heavy (non-hydrogen) atoms. The highest BCUT2D eigenvalue weighted by atomic mass is 35.5. The summed E-state index contributed by atoms with van der Waals surface area (Å²) in [5.41, 5.74) is 3.95. The van der Waals surface area contributed by atoms with E-state index >= 15 is 0 Å². The van der Waals surface area contributed by atoms with Crippen molar-refractivity contribution in [3.8, 4) is 34.3 Å². The number of hydrogen-bond donors (Lipinski definition) is 4. The molecule has 116 valence electrons. The number of halogens is 1. The molecule has 0 atom stereocenters. The van der Waals surface area contributed by atoms with Gasteiger partial charge in [0.25, 0.3) is 0 Å². The minimum Gasteiger partial charge on any atom is -0.494 e. The number of aromatic amines is 2. The molecular weight excluding hydrogens is 314 g/mol. The Balaban J connectivity index is 2.12. The van der Waals surface area contributed by atoms with Crippen LogP contribution in [0.3, 0.4) is 0 Å². The molecule has 0 aliphatic rings. The van der Waals surface area contributed by atoms with E-state index in [1.54, 1.807) is 13.1 Å². The molecule has 0 spiro atoms. The molecule has 4 N–H and O–H groups in total. The summed E-state index contributed by atoms with van der Waals surface area (Å²) in [5, 5.41) is 21.8. The largest absolute Gasteiger partial charge is 0.494 e. The van der Waals surface area contributed by atoms with Gasteiger partial charge in [-0.3, -0.25) is 4.57 Å². The molecule has 4 aromatic rings. The Kier molecular flexibility index (Phi) is 2.92. The maximum absolute atomic E-state index is 10.4. The van der Waals surface area contributed by atoms with Crippen LogP contribution < -0.4 is 0 Å². The Hall–Kier alpha value is -2.79. The van der Waals surface area contributed by atoms with E-state index in [-0.39, 0.29) is 11.8 Å². The molecule has 6 heteroatoms. The number of benzene rings is 1. The Bertz CT molecular complexity index is 1010. The van der Waals surface area contributed by atoms with Gasteiger partial charge >= 0.3 is 0 Å². The number of nitrogens with zero attached hydrogens (tertiary/aromatic N) is 1. The number of H-pyrrole nitrogens is 2. The minimum atomic E-state index is -0.00804. The topological polar surface area (TPSA) is 77.0 Å². The normalized spacial score (nSPS) is 11.4. The second-order valence-electron chi connectivity index (χ2n) is 5.45. The molecule has 0 fully saturated rings. The third kappa shape index (κ3) is 2.01. The van der Waals surface area contributed by atoms with Crippen molar-refractivity contribution in [2.45, 2.75) is 0 Å². The van der Waals surface area contributed by atoms with E-state index in [0.717, 1.165) is 27.9 Å². The van der Waals surface area contributed by atoms with Gasteiger partial charge in [0.15, 0.2) is 5.88 Å². The van der Waals surface area contributed by atoms with E-state index in [1.165, 1.54) is 4.57 Å². The van der Waals surface area contributed by atoms with Crippen molar-refractivity contribution >= 4 is 22.5 Å². The van der Waals surface area contributed by atoms with Crippen molar-refractivity contribution in [1.29, 1.82) is 0 Å². The fraction of sp³-hybridized carbons (Fsp3) is 0.0588. The van der Waals surface area contributed by atoms with Gasteiger partial charge < -0.3 is 20.2 Å². The van der Waals surface area contributed by atoms with Crippen LogP contribution in [-0.2, 0) is 7.05 Å². The van der Waals surface area contributed by atoms with Crippen LogP contribution in [0.15, 0.2) is 42.6 Å². The quantitative estimate of drug-likeness (QED) is 0.444. The fourth-order valence-corrected chi connectivity index (χ4v) is 3.07. The van der Waals surface area contributed by atoms with E-state index in [2.05, 4.69) is 9.97 Å². The first-order valence-electron chi connectivity index (χ1n) is 7.09. The van der Waals surface area contributed by atoms with Crippen molar-refractivity contribution in [1.82, 2.24) is 14.5 Å². The average molecular weight is 328 g/mol. The van der Waals surface area contributed by atoms with Gasteiger partial charge in [-0.05, 0) is 30.3 Å². The predicted octanol–water partition coefficient (Wildman–Crippen LogP) is 4.23. The lowest BCUT2D eigenvalue weighted by Crippen LogP contribution is -1.86. The summed E-state index contributed by atoms with van der Waals surface area (Å²) in [5.74, 6) is -0.0116. The average Bonchev–Trinajstić information content (AvgIpc) is 3.22. The van der Waals surface area contributed by atoms with Crippen LogP contribution in [0.1, 0.15) is 0 Å². The fourth-order valence-electron chi connectivity index (χ4n) is 2.90. The van der Waals surface area contributed by atoms with Crippen LogP contribution in [0.25, 0.3) is 33.4 Å². The van der Waals surface area contributed by atoms with Crippen molar-refractivity contribution < 1.29 is 10.2 Å². The van der Waals surface area contributed by atoms with Crippen molar-refractivity contribution in [2.75, 3.05) is 0 Å². The Morgan fingerprint density at radius 2 is 1.96 bits per heavy atom. The Morgan fingerprint density at radius 1 is 1.13 bits per heavy atom. The van der Waals surface area contributed by atoms with Gasteiger partial charge in [-0.25, -0.2) is 0 Å². The summed E-state index contributed by atoms with van der Waals surface area (Å²) >= 11 is 6.15. The smallest absolute Gasteiger partial charge is 0.201 e. The van der Waals surface area contributed by atoms with Crippen LogP contribution in [0.2, 0.25) is 5.02 Å². The molecular formula is C17H14ClN3O2. The van der Waals surface area contributed by atoms with E-state index in [1.807, 2.05) is 36.5 Å². The summed E-state index contributed by atoms with van der Waals surface area (Å²) in [4.78, 5) is 6.52. The maximum atomic E-state index is 10.4. The van der Waals surface area contributed by atoms with E-state index in [0.29, 0.717) is 10.6 Å². The molecule has 0 bridgehead atoms. The third-order valence-corrected chi connectivity index (χ3v) is 4.31. The number of fused-ring (bicyclic) bond motifs is 1. The molecule has 0 saturated heterocycles. The zero-order chi connectivity index (χ0) is 16.1. The Labute approximate surface area is 136 Å². The van der Waals surface area contributed by atoms with Crippen molar-refractivity contribution in [2.24, 2.45) is 7.05 Å². The van der Waals surface area contributed by atoms with Crippen LogP contribution in [0.4, 0.5) is 0 Å². The van der Waals surface area contributed by atoms with Gasteiger partial charge in [-0.2, -0.15) is 0 Å². The van der Waals surface area contributed by atoms with Crippen LogP contribution in [0.5, 0.6) is 11.8 Å². The summed E-state index contributed by atoms with van der Waals surface area (Å²) in [6, 6.07) is 10.9. The molecule has 1 aromatic carbocycles. The van der Waals surface area contributed by atoms with Gasteiger partial charge in [0, 0.05) is 40.8 Å². The molecule has 3 aromatic heterocycles. The van der Waals surface area contributed by atoms with Gasteiger partial charge in [0.05, 0.1) is 17.0 Å². The highest BCUT2D eigenvalue weighted by molar-refractivity contribution is 6.31. The van der Waals surface area contributed by atoms with Gasteiger partial charge in [-0.15, -0.1) is 0 Å². The summed E-state index contributed by atoms with van der Waals surface area (Å²) in [7, 11) is 1.60. The first-order valence-corrected chi connectivity index (χ1v) is 7.47. The third-order valence-electron chi connectivity index (χ3n) is 4.07. The summed E-state index contributed by atoms with van der Waals surface area (Å²) in [6.07, 6.45) is 1.83. The molecule has 3 heterocycles. The highest BCUT2D eigenvalue weighted by Crippen LogP contribution is 2.44. The van der Waals surface area contributed by atoms with E-state index < -0.39 is 0 Å². The molecule has 5 nitrogen and oxygen atoms in total. The number of rotatable bonds is 2. The molecule has 0 radical (unpaired) electrons. The van der Waals surface area contributed by atoms with E-state index in [9.17, 15) is 10.2 Å². The van der Waals surface area contributed by atoms with Crippen LogP contribution in [0, 0.1) is 0 Å². The number of nitrogens with one attached hydrogen (secondary N) is 2. The lowest BCUT2D eigenvalue weighted by molar-refractivity contribution is 0.387. The standard InChI is InChI=1S/C17H14ClN3O2/c1-21-14(22)8-11(17(21)23)15-10-7-9(18)4-5-12(10)20-16(15)13-3-2-6-19-13/h2-8,19-20,22-23H,1H3. The minimum absolute atomic E-state index is 0.00354. The van der Waals surface area contributed by atoms with Crippen LogP contribution >= 0.6 is 11.6 Å². The van der Waals surface area contributed by atoms with Gasteiger partial charge in [-0.1, -0.05) is 11.6 Å². The van der Waals surface area contributed by atoms with Crippen molar-refractivity contribution in [3.05, 3.63) is 47.6 Å². The zero-order valence-electron chi connectivity index (χ0n) is 12.3. The second-order valence-corrected chi connectivity index (χ2v) is 5.88. The lowest BCUT2D eigenvalue weighted by atomic mass is 10.0. The van der Waals surface area contributed by atoms with Crippen LogP contribution in [-0.4, -0.2) is 24.7 Å². The number of hydrogen-bond acceptors (Lipinski definition) is 2. The SMILES string of the molecule is Cn1c(O)cc(-c2c(-c3ccc[nH]3)[nH]c3ccc(Cl)cc23)c1O. The molecule has 4 rings (SSSR count). The number of aromatic hydroxyl groups is 2. The predicted molar refractivity (Wildman–Crippen MR) is 90.8 cm³/mol. The highest BCUT2D eigenvalue weighted by Gasteiger charge is 2.22. The lowest BCUT2D eigenvalue weighted by Gasteiger charge is -2.04. The number of aromatic nitrogens is 3. The Morgan fingerprint density at radius 3 is 2.61 bits per heavy atom. The molecule has 0 aliphatic heterocycles. The zero-order valence-corrected chi connectivity index (χ0v) is 13.0. The van der Waals surface area contributed by atoms with Gasteiger partial charge in [0.1, 0.15) is 0 Å². The van der Waals surface area contributed by atoms with Gasteiger partial charge in [0.2, 0.25) is 5.88 Å². The molecule has 0 aliphatic carbocycles. The second kappa shape index (κ2) is 4.86. The van der Waals surface area contributed by atoms with Crippen molar-refractivity contribution in [3.63, 3.8) is 0 Å². The van der Waals surface area contributed by atoms with E-state index in [4.69, 9.17) is 11.6 Å². The molecule has 0 unspecified atom stereocenters. The monoisotopic (exact) mass is 327 g/mol. The molecule has 0 amide bonds. The molecule has 0 saturated carbocycles. The maximum Gasteiger partial charge on any atom is 0.201 e. The summed E-state index contributed by atoms with van der Waals surface area (Å²) in [6.45, 7) is 0.